The van der Waals surface area contributed by atoms with Crippen molar-refractivity contribution in [1.29, 1.82) is 0 Å². The molecule has 1 aromatic carbocycles. The number of amides is 3. The topological polar surface area (TPSA) is 74.8 Å². The lowest BCUT2D eigenvalue weighted by molar-refractivity contribution is -0.125. The molecule has 142 valence electrons. The summed E-state index contributed by atoms with van der Waals surface area (Å²) >= 11 is 1.74. The number of nitrogens with zero attached hydrogens (tertiary/aromatic N) is 2. The minimum Gasteiger partial charge on any atom is -0.311 e. The van der Waals surface area contributed by atoms with Crippen molar-refractivity contribution in [1.82, 2.24) is 9.80 Å². The highest BCUT2D eigenvalue weighted by Crippen LogP contribution is 2.24. The zero-order valence-electron chi connectivity index (χ0n) is 14.9. The SMILES string of the molecule is CCSc1cccc(CN2CC(=O)N(CCC3CCS(=O)(=O)C3)C2=O)c1. The van der Waals surface area contributed by atoms with E-state index in [1.165, 1.54) is 4.90 Å². The van der Waals surface area contributed by atoms with E-state index in [2.05, 4.69) is 13.0 Å². The maximum Gasteiger partial charge on any atom is 0.327 e. The Morgan fingerprint density at radius 3 is 2.77 bits per heavy atom. The molecule has 0 aliphatic carbocycles. The zero-order valence-corrected chi connectivity index (χ0v) is 16.5. The van der Waals surface area contributed by atoms with E-state index >= 15 is 0 Å². The van der Waals surface area contributed by atoms with E-state index in [4.69, 9.17) is 0 Å². The monoisotopic (exact) mass is 396 g/mol. The molecule has 2 heterocycles. The molecule has 2 saturated heterocycles. The fourth-order valence-corrected chi connectivity index (χ4v) is 6.12. The van der Waals surface area contributed by atoms with Gasteiger partial charge in [0.05, 0.1) is 11.5 Å². The smallest absolute Gasteiger partial charge is 0.311 e. The number of benzene rings is 1. The number of carbonyl (C=O) groups is 2. The average molecular weight is 397 g/mol. The summed E-state index contributed by atoms with van der Waals surface area (Å²) in [6, 6.07) is 7.75. The highest BCUT2D eigenvalue weighted by atomic mass is 32.2. The molecule has 0 radical (unpaired) electrons. The van der Waals surface area contributed by atoms with Crippen LogP contribution in [-0.4, -0.2) is 60.5 Å². The summed E-state index contributed by atoms with van der Waals surface area (Å²) in [6.45, 7) is 2.90. The molecule has 1 atom stereocenters. The molecule has 3 rings (SSSR count). The molecular weight excluding hydrogens is 372 g/mol. The quantitative estimate of drug-likeness (QED) is 0.523. The van der Waals surface area contributed by atoms with Crippen LogP contribution < -0.4 is 0 Å². The van der Waals surface area contributed by atoms with Crippen LogP contribution in [0.25, 0.3) is 0 Å². The van der Waals surface area contributed by atoms with Crippen molar-refractivity contribution < 1.29 is 18.0 Å². The van der Waals surface area contributed by atoms with Crippen LogP contribution in [0, 0.1) is 5.92 Å². The second-order valence-electron chi connectivity index (χ2n) is 6.82. The summed E-state index contributed by atoms with van der Waals surface area (Å²) in [5, 5.41) is 0. The molecule has 2 aliphatic heterocycles. The van der Waals surface area contributed by atoms with E-state index in [0.717, 1.165) is 16.2 Å². The fourth-order valence-electron chi connectivity index (χ4n) is 3.47. The van der Waals surface area contributed by atoms with Crippen molar-refractivity contribution in [2.75, 3.05) is 30.3 Å². The van der Waals surface area contributed by atoms with Crippen LogP contribution in [0.1, 0.15) is 25.3 Å². The lowest BCUT2D eigenvalue weighted by atomic mass is 10.1. The molecule has 0 aromatic heterocycles. The molecule has 8 heteroatoms. The van der Waals surface area contributed by atoms with E-state index in [0.29, 0.717) is 25.9 Å². The van der Waals surface area contributed by atoms with Gasteiger partial charge in [-0.3, -0.25) is 9.69 Å². The van der Waals surface area contributed by atoms with Crippen LogP contribution in [0.3, 0.4) is 0 Å². The number of thioether (sulfide) groups is 1. The Bertz CT molecular complexity index is 794. The Kier molecular flexibility index (Phi) is 5.92. The zero-order chi connectivity index (χ0) is 18.7. The number of urea groups is 1. The van der Waals surface area contributed by atoms with Crippen molar-refractivity contribution >= 4 is 33.5 Å². The van der Waals surface area contributed by atoms with Crippen molar-refractivity contribution in [3.8, 4) is 0 Å². The molecule has 2 fully saturated rings. The lowest BCUT2D eigenvalue weighted by Crippen LogP contribution is -2.34. The number of sulfone groups is 1. The minimum absolute atomic E-state index is 0.0531. The highest BCUT2D eigenvalue weighted by molar-refractivity contribution is 7.99. The molecule has 0 saturated carbocycles. The Hall–Kier alpha value is -1.54. The summed E-state index contributed by atoms with van der Waals surface area (Å²) in [5.41, 5.74) is 1.01. The number of rotatable bonds is 7. The highest BCUT2D eigenvalue weighted by Gasteiger charge is 2.37. The molecule has 0 N–H and O–H groups in total. The molecule has 1 unspecified atom stereocenters. The van der Waals surface area contributed by atoms with Gasteiger partial charge in [0.2, 0.25) is 5.91 Å². The lowest BCUT2D eigenvalue weighted by Gasteiger charge is -2.18. The first kappa shape index (κ1) is 19.2. The van der Waals surface area contributed by atoms with Crippen LogP contribution in [-0.2, 0) is 21.2 Å². The van der Waals surface area contributed by atoms with E-state index in [1.807, 2.05) is 18.2 Å². The van der Waals surface area contributed by atoms with Gasteiger partial charge in [0.1, 0.15) is 6.54 Å². The molecule has 6 nitrogen and oxygen atoms in total. The van der Waals surface area contributed by atoms with Crippen LogP contribution in [0.2, 0.25) is 0 Å². The van der Waals surface area contributed by atoms with Gasteiger partial charge >= 0.3 is 6.03 Å². The van der Waals surface area contributed by atoms with Gasteiger partial charge in [-0.1, -0.05) is 19.1 Å². The van der Waals surface area contributed by atoms with Crippen molar-refractivity contribution in [2.45, 2.75) is 31.2 Å². The predicted molar refractivity (Wildman–Crippen MR) is 102 cm³/mol. The van der Waals surface area contributed by atoms with Gasteiger partial charge in [0, 0.05) is 18.0 Å². The molecule has 0 bridgehead atoms. The van der Waals surface area contributed by atoms with E-state index in [1.54, 1.807) is 16.7 Å². The van der Waals surface area contributed by atoms with E-state index < -0.39 is 9.84 Å². The Morgan fingerprint density at radius 2 is 2.08 bits per heavy atom. The van der Waals surface area contributed by atoms with Crippen LogP contribution in [0.5, 0.6) is 0 Å². The summed E-state index contributed by atoms with van der Waals surface area (Å²) in [6.07, 6.45) is 1.19. The molecule has 3 amide bonds. The Balaban J connectivity index is 1.57. The van der Waals surface area contributed by atoms with Gasteiger partial charge < -0.3 is 4.90 Å². The van der Waals surface area contributed by atoms with E-state index in [-0.39, 0.29) is 35.9 Å². The third-order valence-corrected chi connectivity index (χ3v) is 7.51. The second kappa shape index (κ2) is 8.00. The average Bonchev–Trinajstić information content (AvgIpc) is 3.06. The van der Waals surface area contributed by atoms with Gasteiger partial charge in [-0.15, -0.1) is 11.8 Å². The maximum atomic E-state index is 12.6. The van der Waals surface area contributed by atoms with Gasteiger partial charge in [0.25, 0.3) is 0 Å². The standard InChI is InChI=1S/C18H24N2O4S2/c1-2-25-16-5-3-4-15(10-16)11-19-12-17(21)20(18(19)22)8-6-14-7-9-26(23,24)13-14/h3-5,10,14H,2,6-9,11-13H2,1H3. The minimum atomic E-state index is -2.93. The number of imide groups is 1. The van der Waals surface area contributed by atoms with Crippen molar-refractivity contribution in [2.24, 2.45) is 5.92 Å². The van der Waals surface area contributed by atoms with Gasteiger partial charge in [-0.05, 0) is 42.2 Å². The van der Waals surface area contributed by atoms with Crippen LogP contribution in [0.15, 0.2) is 29.2 Å². The Labute approximate surface area is 158 Å². The molecule has 26 heavy (non-hydrogen) atoms. The van der Waals surface area contributed by atoms with Crippen molar-refractivity contribution in [3.63, 3.8) is 0 Å². The molecule has 2 aliphatic rings. The first-order valence-electron chi connectivity index (χ1n) is 8.89. The maximum absolute atomic E-state index is 12.6. The summed E-state index contributed by atoms with van der Waals surface area (Å²) in [7, 11) is -2.93. The predicted octanol–water partition coefficient (Wildman–Crippen LogP) is 2.39. The van der Waals surface area contributed by atoms with Crippen LogP contribution >= 0.6 is 11.8 Å². The normalized spacial score (nSPS) is 22.4. The van der Waals surface area contributed by atoms with Gasteiger partial charge in [0.15, 0.2) is 9.84 Å². The second-order valence-corrected chi connectivity index (χ2v) is 10.4. The Morgan fingerprint density at radius 1 is 1.27 bits per heavy atom. The summed E-state index contributed by atoms with van der Waals surface area (Å²) < 4.78 is 23.1. The molecule has 1 aromatic rings. The molecule has 0 spiro atoms. The van der Waals surface area contributed by atoms with Crippen molar-refractivity contribution in [3.05, 3.63) is 29.8 Å². The van der Waals surface area contributed by atoms with Gasteiger partial charge in [-0.2, -0.15) is 0 Å². The number of carbonyl (C=O) groups excluding carboxylic acids is 2. The van der Waals surface area contributed by atoms with Crippen LogP contribution in [0.4, 0.5) is 4.79 Å². The first-order chi connectivity index (χ1) is 12.4. The largest absolute Gasteiger partial charge is 0.327 e. The third-order valence-electron chi connectivity index (χ3n) is 4.80. The summed E-state index contributed by atoms with van der Waals surface area (Å²) in [4.78, 5) is 28.8. The number of hydrogen-bond donors (Lipinski definition) is 0. The third kappa shape index (κ3) is 4.59. The fraction of sp³-hybridized carbons (Fsp3) is 0.556. The van der Waals surface area contributed by atoms with E-state index in [9.17, 15) is 18.0 Å². The van der Waals surface area contributed by atoms with Gasteiger partial charge in [-0.25, -0.2) is 13.2 Å². The first-order valence-corrected chi connectivity index (χ1v) is 11.7. The summed E-state index contributed by atoms with van der Waals surface area (Å²) in [5.74, 6) is 1.23. The number of hydrogen-bond acceptors (Lipinski definition) is 5. The molecular formula is C18H24N2O4S2.